The van der Waals surface area contributed by atoms with E-state index in [1.54, 1.807) is 4.68 Å². The first-order chi connectivity index (χ1) is 15.5. The molecule has 32 heavy (non-hydrogen) atoms. The van der Waals surface area contributed by atoms with Gasteiger partial charge in [0, 0.05) is 17.3 Å². The van der Waals surface area contributed by atoms with Crippen molar-refractivity contribution in [3.63, 3.8) is 0 Å². The highest BCUT2D eigenvalue weighted by molar-refractivity contribution is 6.46. The third kappa shape index (κ3) is 4.45. The number of nitrogens with one attached hydrogen (secondary N) is 1. The van der Waals surface area contributed by atoms with Crippen molar-refractivity contribution in [2.75, 3.05) is 5.73 Å². The number of halogens is 3. The smallest absolute Gasteiger partial charge is 0.291 e. The maximum absolute atomic E-state index is 12.5. The topological polar surface area (TPSA) is 98.2 Å². The fraction of sp³-hybridized carbons (Fsp3) is 0. The molecule has 10 heteroatoms. The molecule has 0 fully saturated rings. The average Bonchev–Trinajstić information content (AvgIpc) is 3.25. The molecule has 0 aliphatic rings. The van der Waals surface area contributed by atoms with Crippen LogP contribution in [0.15, 0.2) is 72.0 Å². The first kappa shape index (κ1) is 21.8. The van der Waals surface area contributed by atoms with Crippen LogP contribution in [0.4, 0.5) is 5.69 Å². The molecule has 4 rings (SSSR count). The summed E-state index contributed by atoms with van der Waals surface area (Å²) in [6.45, 7) is 0. The van der Waals surface area contributed by atoms with Gasteiger partial charge in [0.1, 0.15) is 10.7 Å². The Morgan fingerprint density at radius 2 is 1.66 bits per heavy atom. The van der Waals surface area contributed by atoms with E-state index < -0.39 is 5.91 Å². The number of para-hydroxylation sites is 1. The summed E-state index contributed by atoms with van der Waals surface area (Å²) >= 11 is 17.9. The molecule has 0 unspecified atom stereocenters. The molecule has 0 spiro atoms. The van der Waals surface area contributed by atoms with Crippen molar-refractivity contribution in [3.05, 3.63) is 93.3 Å². The van der Waals surface area contributed by atoms with Gasteiger partial charge in [-0.25, -0.2) is 15.1 Å². The van der Waals surface area contributed by atoms with Gasteiger partial charge in [-0.15, -0.1) is 0 Å². The molecule has 0 aliphatic heterocycles. The van der Waals surface area contributed by atoms with Crippen molar-refractivity contribution in [1.29, 1.82) is 0 Å². The molecule has 2 aromatic heterocycles. The second-order valence-corrected chi connectivity index (χ2v) is 7.69. The molecule has 0 saturated carbocycles. The van der Waals surface area contributed by atoms with E-state index in [-0.39, 0.29) is 26.6 Å². The lowest BCUT2D eigenvalue weighted by Gasteiger charge is -2.07. The summed E-state index contributed by atoms with van der Waals surface area (Å²) < 4.78 is 1.74. The molecule has 0 atom stereocenters. The lowest BCUT2D eigenvalue weighted by atomic mass is 10.1. The summed E-state index contributed by atoms with van der Waals surface area (Å²) in [4.78, 5) is 16.4. The largest absolute Gasteiger partial charge is 0.396 e. The summed E-state index contributed by atoms with van der Waals surface area (Å²) in [5.74, 6) is -0.687. The van der Waals surface area contributed by atoms with E-state index in [4.69, 9.17) is 40.5 Å². The van der Waals surface area contributed by atoms with Crippen LogP contribution < -0.4 is 11.2 Å². The molecule has 0 saturated heterocycles. The highest BCUT2D eigenvalue weighted by Crippen LogP contribution is 2.34. The Labute approximate surface area is 198 Å². The highest BCUT2D eigenvalue weighted by atomic mass is 35.5. The van der Waals surface area contributed by atoms with Gasteiger partial charge in [-0.05, 0) is 12.1 Å². The lowest BCUT2D eigenvalue weighted by Crippen LogP contribution is -2.20. The fourth-order valence-electron chi connectivity index (χ4n) is 2.91. The van der Waals surface area contributed by atoms with Crippen molar-refractivity contribution in [2.45, 2.75) is 0 Å². The molecule has 2 aromatic carbocycles. The van der Waals surface area contributed by atoms with Crippen molar-refractivity contribution in [2.24, 2.45) is 5.10 Å². The number of carbonyl (C=O) groups is 1. The first-order valence-corrected chi connectivity index (χ1v) is 10.4. The van der Waals surface area contributed by atoms with Gasteiger partial charge in [0.25, 0.3) is 5.91 Å². The number of hydrogen-bond acceptors (Lipinski definition) is 5. The van der Waals surface area contributed by atoms with Gasteiger partial charge >= 0.3 is 0 Å². The zero-order chi connectivity index (χ0) is 22.7. The fourth-order valence-corrected chi connectivity index (χ4v) is 3.50. The number of rotatable bonds is 5. The molecule has 1 amide bonds. The van der Waals surface area contributed by atoms with Gasteiger partial charge in [0.05, 0.1) is 22.6 Å². The monoisotopic (exact) mass is 484 g/mol. The van der Waals surface area contributed by atoms with E-state index in [1.807, 2.05) is 66.9 Å². The Morgan fingerprint density at radius 3 is 2.34 bits per heavy atom. The third-order valence-corrected chi connectivity index (χ3v) is 5.60. The number of nitrogen functional groups attached to an aromatic ring is 1. The minimum atomic E-state index is -0.687. The number of pyridine rings is 1. The number of anilines is 1. The molecule has 0 aliphatic carbocycles. The molecule has 160 valence electrons. The molecular formula is C22H15Cl3N6O. The molecule has 4 aromatic rings. The normalized spacial score (nSPS) is 11.1. The van der Waals surface area contributed by atoms with Crippen LogP contribution in [0.2, 0.25) is 15.2 Å². The van der Waals surface area contributed by atoms with E-state index in [9.17, 15) is 4.79 Å². The number of nitrogens with two attached hydrogens (primary N) is 1. The predicted molar refractivity (Wildman–Crippen MR) is 128 cm³/mol. The highest BCUT2D eigenvalue weighted by Gasteiger charge is 2.19. The SMILES string of the molecule is Nc1c(Cl)c(Cl)nc(C(=O)N/N=C\c2cn(-c3ccccc3)nc2-c2ccccc2)c1Cl. The molecule has 3 N–H and O–H groups in total. The molecule has 0 radical (unpaired) electrons. The number of amides is 1. The van der Waals surface area contributed by atoms with Crippen LogP contribution in [0.3, 0.4) is 0 Å². The lowest BCUT2D eigenvalue weighted by molar-refractivity contribution is 0.0950. The van der Waals surface area contributed by atoms with Crippen LogP contribution >= 0.6 is 34.8 Å². The summed E-state index contributed by atoms with van der Waals surface area (Å²) in [5.41, 5.74) is 11.1. The van der Waals surface area contributed by atoms with Crippen molar-refractivity contribution < 1.29 is 4.79 Å². The van der Waals surface area contributed by atoms with E-state index >= 15 is 0 Å². The summed E-state index contributed by atoms with van der Waals surface area (Å²) in [6, 6.07) is 19.3. The van der Waals surface area contributed by atoms with E-state index in [2.05, 4.69) is 20.6 Å². The number of nitrogens with zero attached hydrogens (tertiary/aromatic N) is 4. The quantitative estimate of drug-likeness (QED) is 0.229. The van der Waals surface area contributed by atoms with Crippen LogP contribution in [-0.4, -0.2) is 26.9 Å². The van der Waals surface area contributed by atoms with Crippen molar-refractivity contribution in [1.82, 2.24) is 20.2 Å². The first-order valence-electron chi connectivity index (χ1n) is 9.29. The zero-order valence-corrected chi connectivity index (χ0v) is 18.6. The van der Waals surface area contributed by atoms with Gasteiger partial charge in [0.15, 0.2) is 10.8 Å². The summed E-state index contributed by atoms with van der Waals surface area (Å²) in [7, 11) is 0. The van der Waals surface area contributed by atoms with Crippen molar-refractivity contribution >= 4 is 52.6 Å². The molecule has 2 heterocycles. The van der Waals surface area contributed by atoms with E-state index in [1.165, 1.54) is 6.21 Å². The third-order valence-electron chi connectivity index (χ3n) is 4.47. The van der Waals surface area contributed by atoms with Gasteiger partial charge in [-0.2, -0.15) is 10.2 Å². The molecule has 7 nitrogen and oxygen atoms in total. The van der Waals surface area contributed by atoms with Gasteiger partial charge in [-0.1, -0.05) is 83.3 Å². The second-order valence-electron chi connectivity index (χ2n) is 6.57. The molecule has 0 bridgehead atoms. The number of benzene rings is 2. The maximum atomic E-state index is 12.5. The standard InChI is InChI=1S/C22H15Cl3N6O/c23-16-18(26)17(24)21(25)28-20(16)22(32)29-27-11-14-12-31(15-9-5-2-6-10-15)30-19(14)13-7-3-1-4-8-13/h1-12H,(H2,26,28)(H,29,32)/b27-11-. The molecular weight excluding hydrogens is 471 g/mol. The van der Waals surface area contributed by atoms with Gasteiger partial charge in [-0.3, -0.25) is 4.79 Å². The van der Waals surface area contributed by atoms with Crippen LogP contribution in [0, 0.1) is 0 Å². The number of hydrogen-bond donors (Lipinski definition) is 2. The van der Waals surface area contributed by atoms with Crippen LogP contribution in [0.25, 0.3) is 16.9 Å². The number of carbonyl (C=O) groups excluding carboxylic acids is 1. The summed E-state index contributed by atoms with van der Waals surface area (Å²) in [6.07, 6.45) is 3.30. The maximum Gasteiger partial charge on any atom is 0.291 e. The average molecular weight is 486 g/mol. The van der Waals surface area contributed by atoms with Crippen LogP contribution in [0.5, 0.6) is 0 Å². The Bertz CT molecular complexity index is 1310. The van der Waals surface area contributed by atoms with Crippen LogP contribution in [-0.2, 0) is 0 Å². The Kier molecular flexibility index (Phi) is 6.41. The number of aromatic nitrogens is 3. The minimum absolute atomic E-state index is 0.0162. The Hall–Kier alpha value is -3.39. The van der Waals surface area contributed by atoms with E-state index in [0.29, 0.717) is 11.3 Å². The van der Waals surface area contributed by atoms with Crippen molar-refractivity contribution in [3.8, 4) is 16.9 Å². The van der Waals surface area contributed by atoms with E-state index in [0.717, 1.165) is 11.3 Å². The second kappa shape index (κ2) is 9.40. The van der Waals surface area contributed by atoms with Gasteiger partial charge < -0.3 is 5.73 Å². The Morgan fingerprint density at radius 1 is 1.00 bits per heavy atom. The predicted octanol–water partition coefficient (Wildman–Crippen LogP) is 5.24. The van der Waals surface area contributed by atoms with Crippen LogP contribution in [0.1, 0.15) is 16.1 Å². The minimum Gasteiger partial charge on any atom is -0.396 e. The zero-order valence-electron chi connectivity index (χ0n) is 16.3. The van der Waals surface area contributed by atoms with Gasteiger partial charge in [0.2, 0.25) is 0 Å². The Balaban J connectivity index is 1.64. The number of hydrazone groups is 1. The summed E-state index contributed by atoms with van der Waals surface area (Å²) in [5, 5.41) is 8.48.